The fourth-order valence-electron chi connectivity index (χ4n) is 2.36. The van der Waals surface area contributed by atoms with E-state index in [9.17, 15) is 0 Å². The molecule has 20 heavy (non-hydrogen) atoms. The summed E-state index contributed by atoms with van der Waals surface area (Å²) in [5, 5.41) is 6.78. The van der Waals surface area contributed by atoms with E-state index in [1.165, 1.54) is 0 Å². The lowest BCUT2D eigenvalue weighted by Gasteiger charge is -2.21. The molecule has 1 unspecified atom stereocenters. The summed E-state index contributed by atoms with van der Waals surface area (Å²) in [6.45, 7) is 8.63. The zero-order valence-corrected chi connectivity index (χ0v) is 12.7. The van der Waals surface area contributed by atoms with Gasteiger partial charge in [0, 0.05) is 18.2 Å². The van der Waals surface area contributed by atoms with Crippen molar-refractivity contribution in [2.75, 3.05) is 29.9 Å². The molecule has 6 N–H and O–H groups in total. The maximum Gasteiger partial charge on any atom is 0.223 e. The number of hydrogen-bond donors (Lipinski definition) is 4. The van der Waals surface area contributed by atoms with Crippen molar-refractivity contribution < 1.29 is 0 Å². The largest absolute Gasteiger partial charge is 0.383 e. The van der Waals surface area contributed by atoms with E-state index in [1.54, 1.807) is 0 Å². The van der Waals surface area contributed by atoms with Gasteiger partial charge in [-0.2, -0.15) is 9.97 Å². The Hall–Kier alpha value is -1.56. The fraction of sp³-hybridized carbons (Fsp3) is 0.714. The van der Waals surface area contributed by atoms with E-state index in [0.717, 1.165) is 43.7 Å². The summed E-state index contributed by atoms with van der Waals surface area (Å²) in [6.07, 6.45) is 2.97. The number of nitrogens with one attached hydrogen (secondary N) is 2. The van der Waals surface area contributed by atoms with E-state index < -0.39 is 0 Å². The van der Waals surface area contributed by atoms with E-state index in [4.69, 9.17) is 11.5 Å². The first-order valence-electron chi connectivity index (χ1n) is 7.24. The maximum absolute atomic E-state index is 6.04. The molecule has 2 rings (SSSR count). The molecule has 112 valence electrons. The Bertz CT molecular complexity index is 459. The summed E-state index contributed by atoms with van der Waals surface area (Å²) >= 11 is 0. The van der Waals surface area contributed by atoms with Gasteiger partial charge in [-0.3, -0.25) is 0 Å². The topological polar surface area (TPSA) is 102 Å². The molecular formula is C14H26N6. The van der Waals surface area contributed by atoms with Crippen molar-refractivity contribution in [3.8, 4) is 0 Å². The van der Waals surface area contributed by atoms with Gasteiger partial charge in [-0.15, -0.1) is 0 Å². The van der Waals surface area contributed by atoms with Crippen LogP contribution in [0.5, 0.6) is 0 Å². The summed E-state index contributed by atoms with van der Waals surface area (Å²) < 4.78 is 0. The summed E-state index contributed by atoms with van der Waals surface area (Å²) in [5.74, 6) is 1.53. The summed E-state index contributed by atoms with van der Waals surface area (Å²) in [5.41, 5.74) is 13.0. The molecule has 0 radical (unpaired) electrons. The van der Waals surface area contributed by atoms with Crippen LogP contribution in [0.15, 0.2) is 0 Å². The quantitative estimate of drug-likeness (QED) is 0.664. The number of nitrogen functional groups attached to an aromatic ring is 2. The fourth-order valence-corrected chi connectivity index (χ4v) is 2.36. The van der Waals surface area contributed by atoms with Gasteiger partial charge >= 0.3 is 0 Å². The standard InChI is InChI=1S/C14H26N6/c1-14(2,3)6-4-10-11(15)19-13(16)20-12(10)18-9-5-7-17-8-9/h9,17H,4-8H2,1-3H3,(H5,15,16,18,19,20). The molecule has 0 saturated carbocycles. The molecule has 6 nitrogen and oxygen atoms in total. The smallest absolute Gasteiger partial charge is 0.223 e. The first-order chi connectivity index (χ1) is 9.35. The first kappa shape index (κ1) is 14.8. The molecule has 0 aromatic carbocycles. The number of nitrogens with zero attached hydrogens (tertiary/aromatic N) is 2. The van der Waals surface area contributed by atoms with Gasteiger partial charge in [-0.05, 0) is 31.2 Å². The molecular weight excluding hydrogens is 252 g/mol. The molecule has 1 atom stereocenters. The van der Waals surface area contributed by atoms with Crippen LogP contribution in [0.25, 0.3) is 0 Å². The number of anilines is 3. The van der Waals surface area contributed by atoms with Crippen molar-refractivity contribution in [1.29, 1.82) is 0 Å². The number of nitrogens with two attached hydrogens (primary N) is 2. The lowest BCUT2D eigenvalue weighted by atomic mass is 9.89. The average Bonchev–Trinajstić information content (AvgIpc) is 2.78. The van der Waals surface area contributed by atoms with Crippen LogP contribution >= 0.6 is 0 Å². The molecule has 6 heteroatoms. The second-order valence-corrected chi connectivity index (χ2v) is 6.69. The van der Waals surface area contributed by atoms with Gasteiger partial charge in [-0.25, -0.2) is 0 Å². The highest BCUT2D eigenvalue weighted by Crippen LogP contribution is 2.28. The molecule has 1 aliphatic heterocycles. The van der Waals surface area contributed by atoms with Gasteiger partial charge in [0.15, 0.2) is 0 Å². The van der Waals surface area contributed by atoms with Gasteiger partial charge < -0.3 is 22.1 Å². The van der Waals surface area contributed by atoms with Crippen molar-refractivity contribution in [1.82, 2.24) is 15.3 Å². The lowest BCUT2D eigenvalue weighted by Crippen LogP contribution is -2.24. The highest BCUT2D eigenvalue weighted by molar-refractivity contribution is 5.58. The van der Waals surface area contributed by atoms with Gasteiger partial charge in [0.25, 0.3) is 0 Å². The highest BCUT2D eigenvalue weighted by atomic mass is 15.1. The second-order valence-electron chi connectivity index (χ2n) is 6.69. The molecule has 1 aromatic heterocycles. The summed E-state index contributed by atoms with van der Waals surface area (Å²) in [4.78, 5) is 8.44. The van der Waals surface area contributed by atoms with E-state index in [1.807, 2.05) is 0 Å². The van der Waals surface area contributed by atoms with Crippen LogP contribution in [0, 0.1) is 5.41 Å². The van der Waals surface area contributed by atoms with Crippen LogP contribution in [0.1, 0.15) is 39.2 Å². The minimum absolute atomic E-state index is 0.232. The minimum atomic E-state index is 0.232. The zero-order valence-electron chi connectivity index (χ0n) is 12.7. The van der Waals surface area contributed by atoms with Crippen molar-refractivity contribution in [2.24, 2.45) is 5.41 Å². The molecule has 1 saturated heterocycles. The number of aromatic nitrogens is 2. The van der Waals surface area contributed by atoms with E-state index in [-0.39, 0.29) is 11.4 Å². The third kappa shape index (κ3) is 3.96. The Morgan fingerprint density at radius 2 is 2.05 bits per heavy atom. The van der Waals surface area contributed by atoms with Crippen molar-refractivity contribution in [3.63, 3.8) is 0 Å². The number of rotatable bonds is 4. The Morgan fingerprint density at radius 1 is 1.30 bits per heavy atom. The van der Waals surface area contributed by atoms with E-state index in [2.05, 4.69) is 41.4 Å². The Kier molecular flexibility index (Phi) is 4.32. The lowest BCUT2D eigenvalue weighted by molar-refractivity contribution is 0.378. The Balaban J connectivity index is 2.18. The average molecular weight is 278 g/mol. The Morgan fingerprint density at radius 3 is 2.65 bits per heavy atom. The molecule has 0 bridgehead atoms. The van der Waals surface area contributed by atoms with Crippen LogP contribution in [0.3, 0.4) is 0 Å². The van der Waals surface area contributed by atoms with Crippen LogP contribution < -0.4 is 22.1 Å². The SMILES string of the molecule is CC(C)(C)CCc1c(N)nc(N)nc1NC1CCNC1. The Labute approximate surface area is 120 Å². The molecule has 1 aliphatic rings. The molecule has 2 heterocycles. The minimum Gasteiger partial charge on any atom is -0.383 e. The van der Waals surface area contributed by atoms with Crippen molar-refractivity contribution in [3.05, 3.63) is 5.56 Å². The predicted molar refractivity (Wildman–Crippen MR) is 83.5 cm³/mol. The zero-order chi connectivity index (χ0) is 14.8. The van der Waals surface area contributed by atoms with Crippen molar-refractivity contribution >= 4 is 17.6 Å². The van der Waals surface area contributed by atoms with Crippen LogP contribution in [-0.4, -0.2) is 29.1 Å². The van der Waals surface area contributed by atoms with Crippen molar-refractivity contribution in [2.45, 2.75) is 46.1 Å². The molecule has 0 aliphatic carbocycles. The normalized spacial score (nSPS) is 19.2. The maximum atomic E-state index is 6.04. The van der Waals surface area contributed by atoms with E-state index >= 15 is 0 Å². The third-order valence-corrected chi connectivity index (χ3v) is 3.58. The third-order valence-electron chi connectivity index (χ3n) is 3.58. The molecule has 1 aromatic rings. The van der Waals surface area contributed by atoms with Crippen LogP contribution in [-0.2, 0) is 6.42 Å². The first-order valence-corrected chi connectivity index (χ1v) is 7.24. The summed E-state index contributed by atoms with van der Waals surface area (Å²) in [7, 11) is 0. The number of hydrogen-bond acceptors (Lipinski definition) is 6. The second kappa shape index (κ2) is 5.83. The van der Waals surface area contributed by atoms with E-state index in [0.29, 0.717) is 11.9 Å². The van der Waals surface area contributed by atoms with Gasteiger partial charge in [0.05, 0.1) is 0 Å². The summed E-state index contributed by atoms with van der Waals surface area (Å²) in [6, 6.07) is 0.386. The highest BCUT2D eigenvalue weighted by Gasteiger charge is 2.20. The van der Waals surface area contributed by atoms with Crippen LogP contribution in [0.2, 0.25) is 0 Å². The van der Waals surface area contributed by atoms with Gasteiger partial charge in [0.1, 0.15) is 11.6 Å². The molecule has 1 fully saturated rings. The predicted octanol–water partition coefficient (Wildman–Crippen LogP) is 1.39. The van der Waals surface area contributed by atoms with Gasteiger partial charge in [0.2, 0.25) is 5.95 Å². The van der Waals surface area contributed by atoms with Crippen LogP contribution in [0.4, 0.5) is 17.6 Å². The molecule has 0 spiro atoms. The van der Waals surface area contributed by atoms with Gasteiger partial charge in [-0.1, -0.05) is 20.8 Å². The monoisotopic (exact) mass is 278 g/mol. The molecule has 0 amide bonds.